The van der Waals surface area contributed by atoms with E-state index in [1.807, 2.05) is 0 Å². The van der Waals surface area contributed by atoms with Crippen molar-refractivity contribution in [2.45, 2.75) is 39.3 Å². The largest absolute Gasteiger partial charge is 0.377 e. The van der Waals surface area contributed by atoms with Gasteiger partial charge in [0.15, 0.2) is 0 Å². The molecule has 19 heavy (non-hydrogen) atoms. The number of ether oxygens (including phenoxy) is 1. The summed E-state index contributed by atoms with van der Waals surface area (Å²) in [5.74, 6) is 1.61. The van der Waals surface area contributed by atoms with Gasteiger partial charge in [-0.05, 0) is 38.5 Å². The SMILES string of the molecule is COC(C)(C)Cn1c(CCCl)nc2cc(C)ccc21. The van der Waals surface area contributed by atoms with Crippen LogP contribution >= 0.6 is 11.6 Å². The zero-order chi connectivity index (χ0) is 14.0. The van der Waals surface area contributed by atoms with Crippen LogP contribution < -0.4 is 0 Å². The first-order valence-electron chi connectivity index (χ1n) is 6.54. The Morgan fingerprint density at radius 1 is 1.37 bits per heavy atom. The molecule has 1 aromatic carbocycles. The summed E-state index contributed by atoms with van der Waals surface area (Å²) in [5, 5.41) is 0. The van der Waals surface area contributed by atoms with Gasteiger partial charge in [-0.3, -0.25) is 0 Å². The maximum Gasteiger partial charge on any atom is 0.111 e. The molecule has 2 rings (SSSR count). The second kappa shape index (κ2) is 5.51. The van der Waals surface area contributed by atoms with Crippen molar-refractivity contribution in [1.29, 1.82) is 0 Å². The molecule has 3 nitrogen and oxygen atoms in total. The zero-order valence-corrected chi connectivity index (χ0v) is 12.8. The van der Waals surface area contributed by atoms with Gasteiger partial charge in [-0.25, -0.2) is 4.98 Å². The van der Waals surface area contributed by atoms with E-state index in [2.05, 4.69) is 43.5 Å². The summed E-state index contributed by atoms with van der Waals surface area (Å²) in [6.07, 6.45) is 0.773. The molecule has 0 radical (unpaired) electrons. The molecular weight excluding hydrogens is 260 g/mol. The third kappa shape index (κ3) is 3.10. The normalized spacial score (nSPS) is 12.3. The van der Waals surface area contributed by atoms with Gasteiger partial charge in [0.05, 0.1) is 23.2 Å². The number of hydrogen-bond donors (Lipinski definition) is 0. The van der Waals surface area contributed by atoms with Gasteiger partial charge in [-0.15, -0.1) is 11.6 Å². The molecule has 1 heterocycles. The van der Waals surface area contributed by atoms with Crippen molar-refractivity contribution in [3.05, 3.63) is 29.6 Å². The van der Waals surface area contributed by atoms with E-state index in [9.17, 15) is 0 Å². The fourth-order valence-corrected chi connectivity index (χ4v) is 2.36. The summed E-state index contributed by atoms with van der Waals surface area (Å²) in [7, 11) is 1.74. The first kappa shape index (κ1) is 14.4. The summed E-state index contributed by atoms with van der Waals surface area (Å²) in [4.78, 5) is 4.70. The highest BCUT2D eigenvalue weighted by Gasteiger charge is 2.21. The summed E-state index contributed by atoms with van der Waals surface area (Å²) >= 11 is 5.89. The number of benzene rings is 1. The molecule has 0 aliphatic carbocycles. The Labute approximate surface area is 119 Å². The van der Waals surface area contributed by atoms with E-state index in [-0.39, 0.29) is 5.60 Å². The molecule has 0 saturated heterocycles. The zero-order valence-electron chi connectivity index (χ0n) is 12.0. The molecule has 0 amide bonds. The Balaban J connectivity index is 2.52. The third-order valence-electron chi connectivity index (χ3n) is 3.39. The van der Waals surface area contributed by atoms with Crippen molar-refractivity contribution in [1.82, 2.24) is 9.55 Å². The van der Waals surface area contributed by atoms with Gasteiger partial charge >= 0.3 is 0 Å². The first-order chi connectivity index (χ1) is 8.96. The second-order valence-corrected chi connectivity index (χ2v) is 5.89. The lowest BCUT2D eigenvalue weighted by Gasteiger charge is -2.24. The highest BCUT2D eigenvalue weighted by atomic mass is 35.5. The Morgan fingerprint density at radius 2 is 2.11 bits per heavy atom. The van der Waals surface area contributed by atoms with Crippen LogP contribution in [0.4, 0.5) is 0 Å². The molecule has 0 bridgehead atoms. The summed E-state index contributed by atoms with van der Waals surface area (Å²) in [6, 6.07) is 6.36. The van der Waals surface area contributed by atoms with Crippen molar-refractivity contribution in [2.24, 2.45) is 0 Å². The lowest BCUT2D eigenvalue weighted by molar-refractivity contribution is 0.00846. The maximum atomic E-state index is 5.89. The summed E-state index contributed by atoms with van der Waals surface area (Å²) in [6.45, 7) is 7.02. The minimum absolute atomic E-state index is 0.223. The molecule has 0 N–H and O–H groups in total. The van der Waals surface area contributed by atoms with Crippen LogP contribution in [0.3, 0.4) is 0 Å². The van der Waals surface area contributed by atoms with Crippen molar-refractivity contribution in [3.8, 4) is 0 Å². The number of aryl methyl sites for hydroxylation is 2. The van der Waals surface area contributed by atoms with Crippen LogP contribution in [0.1, 0.15) is 25.2 Å². The number of methoxy groups -OCH3 is 1. The van der Waals surface area contributed by atoms with Gasteiger partial charge in [0, 0.05) is 19.4 Å². The van der Waals surface area contributed by atoms with E-state index in [0.717, 1.165) is 29.8 Å². The molecule has 4 heteroatoms. The number of nitrogens with zero attached hydrogens (tertiary/aromatic N) is 2. The van der Waals surface area contributed by atoms with Gasteiger partial charge in [-0.2, -0.15) is 0 Å². The average molecular weight is 281 g/mol. The van der Waals surface area contributed by atoms with E-state index in [0.29, 0.717) is 5.88 Å². The lowest BCUT2D eigenvalue weighted by Crippen LogP contribution is -2.29. The Bertz CT molecular complexity index is 575. The van der Waals surface area contributed by atoms with Crippen LogP contribution in [0.15, 0.2) is 18.2 Å². The predicted molar refractivity (Wildman–Crippen MR) is 80.0 cm³/mol. The number of alkyl halides is 1. The minimum atomic E-state index is -0.223. The van der Waals surface area contributed by atoms with Crippen LogP contribution in [0, 0.1) is 6.92 Å². The lowest BCUT2D eigenvalue weighted by atomic mass is 10.1. The van der Waals surface area contributed by atoms with Crippen LogP contribution in [-0.2, 0) is 17.7 Å². The quantitative estimate of drug-likeness (QED) is 0.783. The van der Waals surface area contributed by atoms with Crippen molar-refractivity contribution in [3.63, 3.8) is 0 Å². The molecule has 0 aliphatic heterocycles. The van der Waals surface area contributed by atoms with E-state index < -0.39 is 0 Å². The van der Waals surface area contributed by atoms with Crippen LogP contribution in [0.2, 0.25) is 0 Å². The number of hydrogen-bond acceptors (Lipinski definition) is 2. The van der Waals surface area contributed by atoms with Crippen LogP contribution in [0.5, 0.6) is 0 Å². The standard InChI is InChI=1S/C15H21ClN2O/c1-11-5-6-13-12(9-11)17-14(7-8-16)18(13)10-15(2,3)19-4/h5-6,9H,7-8,10H2,1-4H3. The highest BCUT2D eigenvalue weighted by Crippen LogP contribution is 2.22. The fourth-order valence-electron chi connectivity index (χ4n) is 2.19. The maximum absolute atomic E-state index is 5.89. The molecule has 104 valence electrons. The monoisotopic (exact) mass is 280 g/mol. The molecule has 0 unspecified atom stereocenters. The smallest absolute Gasteiger partial charge is 0.111 e. The van der Waals surface area contributed by atoms with Crippen molar-refractivity contribution < 1.29 is 4.74 Å². The number of rotatable bonds is 5. The average Bonchev–Trinajstić information content (AvgIpc) is 2.67. The molecular formula is C15H21ClN2O. The predicted octanol–water partition coefficient (Wildman–Crippen LogP) is 3.55. The van der Waals surface area contributed by atoms with Gasteiger partial charge < -0.3 is 9.30 Å². The molecule has 0 fully saturated rings. The van der Waals surface area contributed by atoms with Crippen molar-refractivity contribution >= 4 is 22.6 Å². The summed E-state index contributed by atoms with van der Waals surface area (Å²) < 4.78 is 7.76. The van der Waals surface area contributed by atoms with E-state index >= 15 is 0 Å². The number of halogens is 1. The Morgan fingerprint density at radius 3 is 2.74 bits per heavy atom. The van der Waals surface area contributed by atoms with E-state index in [1.165, 1.54) is 5.56 Å². The minimum Gasteiger partial charge on any atom is -0.377 e. The topological polar surface area (TPSA) is 27.1 Å². The first-order valence-corrected chi connectivity index (χ1v) is 7.07. The van der Waals surface area contributed by atoms with Gasteiger partial charge in [-0.1, -0.05) is 6.07 Å². The number of imidazole rings is 1. The van der Waals surface area contributed by atoms with Crippen LogP contribution in [0.25, 0.3) is 11.0 Å². The fraction of sp³-hybridized carbons (Fsp3) is 0.533. The van der Waals surface area contributed by atoms with E-state index in [1.54, 1.807) is 7.11 Å². The summed E-state index contributed by atoms with van der Waals surface area (Å²) in [5.41, 5.74) is 3.18. The molecule has 0 spiro atoms. The van der Waals surface area contributed by atoms with Crippen molar-refractivity contribution in [2.75, 3.05) is 13.0 Å². The van der Waals surface area contributed by atoms with Gasteiger partial charge in [0.1, 0.15) is 5.82 Å². The number of fused-ring (bicyclic) bond motifs is 1. The molecule has 1 aromatic heterocycles. The van der Waals surface area contributed by atoms with Gasteiger partial charge in [0.25, 0.3) is 0 Å². The molecule has 0 aliphatic rings. The molecule has 0 atom stereocenters. The third-order valence-corrected chi connectivity index (χ3v) is 3.58. The van der Waals surface area contributed by atoms with Gasteiger partial charge in [0.2, 0.25) is 0 Å². The molecule has 0 saturated carbocycles. The number of aromatic nitrogens is 2. The van der Waals surface area contributed by atoms with Crippen LogP contribution in [-0.4, -0.2) is 28.1 Å². The second-order valence-electron chi connectivity index (χ2n) is 5.51. The highest BCUT2D eigenvalue weighted by molar-refractivity contribution is 6.17. The Hall–Kier alpha value is -1.06. The Kier molecular flexibility index (Phi) is 4.16. The van der Waals surface area contributed by atoms with E-state index in [4.69, 9.17) is 21.3 Å². The molecule has 2 aromatic rings.